The number of ether oxygens (including phenoxy) is 2. The first-order valence-corrected chi connectivity index (χ1v) is 8.58. The van der Waals surface area contributed by atoms with Crippen LogP contribution in [0.1, 0.15) is 47.7 Å². The van der Waals surface area contributed by atoms with Crippen molar-refractivity contribution in [3.63, 3.8) is 0 Å². The van der Waals surface area contributed by atoms with Crippen LogP contribution in [0.25, 0.3) is 0 Å². The van der Waals surface area contributed by atoms with Crippen LogP contribution in [-0.4, -0.2) is 44.9 Å². The van der Waals surface area contributed by atoms with Crippen molar-refractivity contribution >= 4 is 5.91 Å². The maximum Gasteiger partial charge on any atom is 0.274 e. The molecule has 2 aromatic heterocycles. The predicted octanol–water partition coefficient (Wildman–Crippen LogP) is 1.45. The summed E-state index contributed by atoms with van der Waals surface area (Å²) in [6.07, 6.45) is 4.00. The molecule has 3 heterocycles. The van der Waals surface area contributed by atoms with Crippen molar-refractivity contribution in [3.05, 3.63) is 29.5 Å². The molecule has 25 heavy (non-hydrogen) atoms. The van der Waals surface area contributed by atoms with Gasteiger partial charge in [-0.25, -0.2) is 4.98 Å². The highest BCUT2D eigenvalue weighted by atomic mass is 16.6. The monoisotopic (exact) mass is 343 g/mol. The van der Waals surface area contributed by atoms with Crippen molar-refractivity contribution in [2.24, 2.45) is 0 Å². The van der Waals surface area contributed by atoms with E-state index in [1.54, 1.807) is 0 Å². The summed E-state index contributed by atoms with van der Waals surface area (Å²) in [5, 5.41) is 7.31. The van der Waals surface area contributed by atoms with E-state index in [2.05, 4.69) is 20.4 Å². The molecule has 1 atom stereocenters. The summed E-state index contributed by atoms with van der Waals surface area (Å²) in [7, 11) is 0. The molecular weight excluding hydrogens is 322 g/mol. The zero-order valence-electron chi connectivity index (χ0n) is 14.4. The van der Waals surface area contributed by atoms with E-state index < -0.39 is 0 Å². The highest BCUT2D eigenvalue weighted by molar-refractivity contribution is 5.95. The SMILES string of the molecule is Cc1ccn(CC(C)NC(=O)c2nc(C3CC3)nc3c2OCCO3)n1. The Bertz CT molecular complexity index is 800. The Morgan fingerprint density at radius 1 is 1.36 bits per heavy atom. The van der Waals surface area contributed by atoms with Crippen LogP contribution >= 0.6 is 0 Å². The quantitative estimate of drug-likeness (QED) is 0.883. The molecule has 2 aliphatic rings. The molecule has 2 aromatic rings. The van der Waals surface area contributed by atoms with Crippen LogP contribution in [0.5, 0.6) is 11.6 Å². The van der Waals surface area contributed by atoms with Crippen LogP contribution in [0, 0.1) is 6.92 Å². The summed E-state index contributed by atoms with van der Waals surface area (Å²) >= 11 is 0. The van der Waals surface area contributed by atoms with Crippen LogP contribution in [0.15, 0.2) is 12.3 Å². The first kappa shape index (κ1) is 15.9. The lowest BCUT2D eigenvalue weighted by Gasteiger charge is -2.21. The van der Waals surface area contributed by atoms with Gasteiger partial charge in [-0.15, -0.1) is 0 Å². The molecule has 132 valence electrons. The number of hydrogen-bond acceptors (Lipinski definition) is 6. The number of carbonyl (C=O) groups is 1. The Balaban J connectivity index is 1.53. The smallest absolute Gasteiger partial charge is 0.274 e. The molecule has 1 N–H and O–H groups in total. The average molecular weight is 343 g/mol. The molecule has 8 nitrogen and oxygen atoms in total. The molecular formula is C17H21N5O3. The largest absolute Gasteiger partial charge is 0.483 e. The highest BCUT2D eigenvalue weighted by Gasteiger charge is 2.32. The van der Waals surface area contributed by atoms with E-state index >= 15 is 0 Å². The molecule has 0 aromatic carbocycles. The van der Waals surface area contributed by atoms with E-state index in [0.717, 1.165) is 18.5 Å². The van der Waals surface area contributed by atoms with Crippen LogP contribution in [-0.2, 0) is 6.54 Å². The number of aryl methyl sites for hydroxylation is 1. The molecule has 0 spiro atoms. The fourth-order valence-corrected chi connectivity index (χ4v) is 2.82. The first-order valence-electron chi connectivity index (χ1n) is 8.58. The minimum atomic E-state index is -0.276. The van der Waals surface area contributed by atoms with Gasteiger partial charge in [0.05, 0.1) is 12.2 Å². The van der Waals surface area contributed by atoms with E-state index in [9.17, 15) is 4.79 Å². The Hall–Kier alpha value is -2.64. The molecule has 0 bridgehead atoms. The van der Waals surface area contributed by atoms with Crippen molar-refractivity contribution < 1.29 is 14.3 Å². The summed E-state index contributed by atoms with van der Waals surface area (Å²) in [6, 6.07) is 1.83. The van der Waals surface area contributed by atoms with Crippen molar-refractivity contribution in [1.82, 2.24) is 25.1 Å². The number of aromatic nitrogens is 4. The van der Waals surface area contributed by atoms with Gasteiger partial charge in [-0.3, -0.25) is 9.48 Å². The van der Waals surface area contributed by atoms with Gasteiger partial charge in [0.2, 0.25) is 5.75 Å². The van der Waals surface area contributed by atoms with Crippen LogP contribution in [0.2, 0.25) is 0 Å². The molecule has 1 amide bonds. The number of nitrogens with zero attached hydrogens (tertiary/aromatic N) is 4. The molecule has 1 fully saturated rings. The zero-order chi connectivity index (χ0) is 17.4. The van der Waals surface area contributed by atoms with E-state index in [0.29, 0.717) is 43.1 Å². The number of rotatable bonds is 5. The van der Waals surface area contributed by atoms with Crippen molar-refractivity contribution in [2.75, 3.05) is 13.2 Å². The summed E-state index contributed by atoms with van der Waals surface area (Å²) in [5.74, 6) is 1.44. The number of amides is 1. The fraction of sp³-hybridized carbons (Fsp3) is 0.529. The van der Waals surface area contributed by atoms with Gasteiger partial charge < -0.3 is 14.8 Å². The maximum atomic E-state index is 12.8. The lowest BCUT2D eigenvalue weighted by molar-refractivity contribution is 0.0915. The third-order valence-corrected chi connectivity index (χ3v) is 4.19. The van der Waals surface area contributed by atoms with Crippen molar-refractivity contribution in [1.29, 1.82) is 0 Å². The van der Waals surface area contributed by atoms with Gasteiger partial charge in [-0.1, -0.05) is 0 Å². The molecule has 0 radical (unpaired) electrons. The van der Waals surface area contributed by atoms with Crippen LogP contribution < -0.4 is 14.8 Å². The molecule has 1 aliphatic carbocycles. The van der Waals surface area contributed by atoms with Gasteiger partial charge in [0.15, 0.2) is 5.69 Å². The highest BCUT2D eigenvalue weighted by Crippen LogP contribution is 2.41. The topological polar surface area (TPSA) is 91.2 Å². The van der Waals surface area contributed by atoms with Crippen molar-refractivity contribution in [3.8, 4) is 11.6 Å². The number of fused-ring (bicyclic) bond motifs is 1. The Labute approximate surface area is 145 Å². The van der Waals surface area contributed by atoms with E-state index in [-0.39, 0.29) is 17.6 Å². The molecule has 8 heteroatoms. The molecule has 4 rings (SSSR count). The van der Waals surface area contributed by atoms with Gasteiger partial charge in [-0.05, 0) is 32.8 Å². The molecule has 0 saturated heterocycles. The second kappa shape index (κ2) is 6.34. The summed E-state index contributed by atoms with van der Waals surface area (Å²) in [6.45, 7) is 5.27. The minimum absolute atomic E-state index is 0.105. The van der Waals surface area contributed by atoms with Gasteiger partial charge in [0.1, 0.15) is 19.0 Å². The second-order valence-corrected chi connectivity index (χ2v) is 6.59. The number of hydrogen-bond donors (Lipinski definition) is 1. The number of nitrogens with one attached hydrogen (secondary N) is 1. The van der Waals surface area contributed by atoms with Gasteiger partial charge in [0.25, 0.3) is 11.8 Å². The van der Waals surface area contributed by atoms with Gasteiger partial charge in [-0.2, -0.15) is 10.1 Å². The molecule has 1 saturated carbocycles. The summed E-state index contributed by atoms with van der Waals surface area (Å²) < 4.78 is 13.0. The molecule has 1 aliphatic heterocycles. The lowest BCUT2D eigenvalue weighted by atomic mass is 10.2. The van der Waals surface area contributed by atoms with E-state index in [1.807, 2.05) is 30.8 Å². The summed E-state index contributed by atoms with van der Waals surface area (Å²) in [5.41, 5.74) is 1.21. The standard InChI is InChI=1S/C17H21N5O3/c1-10-5-6-22(21-10)9-11(2)18-16(23)13-14-17(25-8-7-24-14)20-15(19-13)12-3-4-12/h5-6,11-12H,3-4,7-9H2,1-2H3,(H,18,23). The Kier molecular flexibility index (Phi) is 4.03. The fourth-order valence-electron chi connectivity index (χ4n) is 2.82. The third-order valence-electron chi connectivity index (χ3n) is 4.19. The lowest BCUT2D eigenvalue weighted by Crippen LogP contribution is -2.37. The first-order chi connectivity index (χ1) is 12.1. The maximum absolute atomic E-state index is 12.8. The Morgan fingerprint density at radius 3 is 2.88 bits per heavy atom. The van der Waals surface area contributed by atoms with Crippen LogP contribution in [0.4, 0.5) is 0 Å². The average Bonchev–Trinajstić information content (AvgIpc) is 3.37. The van der Waals surface area contributed by atoms with Gasteiger partial charge in [0, 0.05) is 18.2 Å². The van der Waals surface area contributed by atoms with Crippen molar-refractivity contribution in [2.45, 2.75) is 45.2 Å². The second-order valence-electron chi connectivity index (χ2n) is 6.59. The molecule has 1 unspecified atom stereocenters. The third kappa shape index (κ3) is 3.42. The van der Waals surface area contributed by atoms with Gasteiger partial charge >= 0.3 is 0 Å². The predicted molar refractivity (Wildman–Crippen MR) is 88.9 cm³/mol. The zero-order valence-corrected chi connectivity index (χ0v) is 14.4. The van der Waals surface area contributed by atoms with E-state index in [1.165, 1.54) is 0 Å². The minimum Gasteiger partial charge on any atom is -0.483 e. The normalized spacial score (nSPS) is 17.2. The summed E-state index contributed by atoms with van der Waals surface area (Å²) in [4.78, 5) is 21.6. The number of carbonyl (C=O) groups excluding carboxylic acids is 1. The van der Waals surface area contributed by atoms with E-state index in [4.69, 9.17) is 9.47 Å². The van der Waals surface area contributed by atoms with Crippen LogP contribution in [0.3, 0.4) is 0 Å². The Morgan fingerprint density at radius 2 is 2.16 bits per heavy atom.